The molecule has 0 spiro atoms. The lowest BCUT2D eigenvalue weighted by molar-refractivity contribution is 0.530. The zero-order valence-electron chi connectivity index (χ0n) is 9.37. The van der Waals surface area contributed by atoms with Crippen molar-refractivity contribution in [3.8, 4) is 0 Å². The highest BCUT2D eigenvalue weighted by Gasteiger charge is 2.39. The number of rotatable bonds is 4. The first kappa shape index (κ1) is 12.4. The molecule has 0 aromatic heterocycles. The summed E-state index contributed by atoms with van der Waals surface area (Å²) in [5, 5.41) is 7.36. The fourth-order valence-corrected chi connectivity index (χ4v) is 2.19. The average Bonchev–Trinajstić information content (AvgIpc) is 2.79. The quantitative estimate of drug-likeness (QED) is 0.485. The minimum Gasteiger partial charge on any atom is -0.386 e. The maximum atomic E-state index is 11.8. The molecule has 5 nitrogen and oxygen atoms in total. The second-order valence-corrected chi connectivity index (χ2v) is 7.47. The molecule has 0 bridgehead atoms. The molecule has 15 heavy (non-hydrogen) atoms. The topological polar surface area (TPSA) is 96.0 Å². The van der Waals surface area contributed by atoms with Crippen LogP contribution in [-0.4, -0.2) is 25.0 Å². The monoisotopic (exact) mass is 233 g/mol. The molecule has 1 unspecified atom stereocenters. The van der Waals surface area contributed by atoms with Gasteiger partial charge in [-0.3, -0.25) is 5.41 Å². The summed E-state index contributed by atoms with van der Waals surface area (Å²) in [5.41, 5.74) is 5.38. The van der Waals surface area contributed by atoms with Crippen molar-refractivity contribution in [3.05, 3.63) is 0 Å². The Balaban J connectivity index is 2.79. The number of nitrogens with two attached hydrogens (primary N) is 1. The molecule has 0 aromatic rings. The second kappa shape index (κ2) is 3.75. The molecule has 0 aliphatic heterocycles. The highest BCUT2D eigenvalue weighted by molar-refractivity contribution is 7.90. The molecular formula is C9H19N3O2S. The van der Waals surface area contributed by atoms with Crippen molar-refractivity contribution in [2.75, 3.05) is 0 Å². The third kappa shape index (κ3) is 2.92. The molecule has 1 aliphatic carbocycles. The number of amidine groups is 1. The third-order valence-electron chi connectivity index (χ3n) is 2.52. The van der Waals surface area contributed by atoms with E-state index in [-0.39, 0.29) is 11.8 Å². The van der Waals surface area contributed by atoms with Gasteiger partial charge in [-0.1, -0.05) is 0 Å². The lowest BCUT2D eigenvalue weighted by atomic mass is 10.2. The van der Waals surface area contributed by atoms with Crippen molar-refractivity contribution in [3.63, 3.8) is 0 Å². The van der Waals surface area contributed by atoms with Gasteiger partial charge in [0.25, 0.3) is 0 Å². The first-order chi connectivity index (χ1) is 6.65. The Bertz CT molecular complexity index is 352. The Labute approximate surface area is 91.0 Å². The van der Waals surface area contributed by atoms with Crippen molar-refractivity contribution in [1.82, 2.24) is 4.72 Å². The molecule has 1 aliphatic rings. The molecule has 6 heteroatoms. The van der Waals surface area contributed by atoms with E-state index in [1.54, 1.807) is 20.8 Å². The van der Waals surface area contributed by atoms with E-state index in [2.05, 4.69) is 4.72 Å². The van der Waals surface area contributed by atoms with E-state index in [1.165, 1.54) is 0 Å². The van der Waals surface area contributed by atoms with Gasteiger partial charge in [0.1, 0.15) is 5.84 Å². The number of nitrogens with one attached hydrogen (secondary N) is 2. The maximum Gasteiger partial charge on any atom is 0.217 e. The Morgan fingerprint density at radius 3 is 2.20 bits per heavy atom. The Kier molecular flexibility index (Phi) is 3.11. The standard InChI is InChI=1S/C9H19N3O2S/c1-9(2,3)15(13,14)12-7(8(10)11)6-4-5-6/h6-7,12H,4-5H2,1-3H3,(H3,10,11). The molecule has 0 saturated heterocycles. The van der Waals surface area contributed by atoms with E-state index in [4.69, 9.17) is 11.1 Å². The van der Waals surface area contributed by atoms with Crippen LogP contribution in [0.2, 0.25) is 0 Å². The van der Waals surface area contributed by atoms with Crippen molar-refractivity contribution in [2.45, 2.75) is 44.4 Å². The van der Waals surface area contributed by atoms with E-state index in [9.17, 15) is 8.42 Å². The molecule has 1 rings (SSSR count). The zero-order valence-corrected chi connectivity index (χ0v) is 10.2. The summed E-state index contributed by atoms with van der Waals surface area (Å²) < 4.78 is 25.3. The van der Waals surface area contributed by atoms with Gasteiger partial charge >= 0.3 is 0 Å². The molecule has 1 fully saturated rings. The summed E-state index contributed by atoms with van der Waals surface area (Å²) in [6, 6.07) is -0.519. The molecule has 1 atom stereocenters. The van der Waals surface area contributed by atoms with Gasteiger partial charge in [0.15, 0.2) is 0 Å². The van der Waals surface area contributed by atoms with Crippen LogP contribution in [0.3, 0.4) is 0 Å². The van der Waals surface area contributed by atoms with Crippen LogP contribution in [0.4, 0.5) is 0 Å². The minimum absolute atomic E-state index is 0.0923. The lowest BCUT2D eigenvalue weighted by Crippen LogP contribution is -2.50. The van der Waals surface area contributed by atoms with E-state index in [0.717, 1.165) is 12.8 Å². The predicted octanol–water partition coefficient (Wildman–Crippen LogP) is 0.419. The number of hydrogen-bond acceptors (Lipinski definition) is 3. The Morgan fingerprint density at radius 2 is 1.93 bits per heavy atom. The van der Waals surface area contributed by atoms with Gasteiger partial charge in [-0.25, -0.2) is 13.1 Å². The minimum atomic E-state index is -3.42. The van der Waals surface area contributed by atoms with Crippen LogP contribution in [0, 0.1) is 11.3 Å². The maximum absolute atomic E-state index is 11.8. The van der Waals surface area contributed by atoms with Crippen LogP contribution in [0.25, 0.3) is 0 Å². The van der Waals surface area contributed by atoms with Crippen molar-refractivity contribution < 1.29 is 8.42 Å². The van der Waals surface area contributed by atoms with E-state index in [0.29, 0.717) is 0 Å². The summed E-state index contributed by atoms with van der Waals surface area (Å²) in [4.78, 5) is 0. The Hall–Kier alpha value is -0.620. The molecule has 0 aromatic carbocycles. The van der Waals surface area contributed by atoms with Crippen LogP contribution in [0.15, 0.2) is 0 Å². The molecule has 4 N–H and O–H groups in total. The molecule has 88 valence electrons. The van der Waals surface area contributed by atoms with Gasteiger partial charge in [0.2, 0.25) is 10.0 Å². The first-order valence-corrected chi connectivity index (χ1v) is 6.49. The predicted molar refractivity (Wildman–Crippen MR) is 60.2 cm³/mol. The summed E-state index contributed by atoms with van der Waals surface area (Å²) >= 11 is 0. The highest BCUT2D eigenvalue weighted by Crippen LogP contribution is 2.33. The number of hydrogen-bond donors (Lipinski definition) is 3. The third-order valence-corrected chi connectivity index (χ3v) is 4.69. The van der Waals surface area contributed by atoms with E-state index < -0.39 is 20.8 Å². The first-order valence-electron chi connectivity index (χ1n) is 5.01. The molecule has 0 radical (unpaired) electrons. The molecule has 1 saturated carbocycles. The summed E-state index contributed by atoms with van der Waals surface area (Å²) in [5.74, 6) is 0.116. The number of sulfonamides is 1. The van der Waals surface area contributed by atoms with Crippen LogP contribution in [0.1, 0.15) is 33.6 Å². The van der Waals surface area contributed by atoms with Gasteiger partial charge in [-0.2, -0.15) is 0 Å². The van der Waals surface area contributed by atoms with Crippen LogP contribution >= 0.6 is 0 Å². The van der Waals surface area contributed by atoms with Gasteiger partial charge in [0.05, 0.1) is 10.8 Å². The fourth-order valence-electron chi connectivity index (χ4n) is 1.19. The molecule has 0 amide bonds. The normalized spacial score (nSPS) is 19.9. The van der Waals surface area contributed by atoms with Gasteiger partial charge in [0, 0.05) is 0 Å². The second-order valence-electron chi connectivity index (χ2n) is 5.00. The Morgan fingerprint density at radius 1 is 1.47 bits per heavy atom. The van der Waals surface area contributed by atoms with Crippen molar-refractivity contribution >= 4 is 15.9 Å². The SMILES string of the molecule is CC(C)(C)S(=O)(=O)NC(C(=N)N)C1CC1. The largest absolute Gasteiger partial charge is 0.386 e. The summed E-state index contributed by atoms with van der Waals surface area (Å²) in [6.45, 7) is 4.87. The van der Waals surface area contributed by atoms with E-state index >= 15 is 0 Å². The van der Waals surface area contributed by atoms with Crippen molar-refractivity contribution in [1.29, 1.82) is 5.41 Å². The summed E-state index contributed by atoms with van der Waals surface area (Å²) in [7, 11) is -3.42. The van der Waals surface area contributed by atoms with Gasteiger partial charge < -0.3 is 5.73 Å². The lowest BCUT2D eigenvalue weighted by Gasteiger charge is -2.24. The van der Waals surface area contributed by atoms with E-state index in [1.807, 2.05) is 0 Å². The van der Waals surface area contributed by atoms with Crippen molar-refractivity contribution in [2.24, 2.45) is 11.7 Å². The molecule has 0 heterocycles. The van der Waals surface area contributed by atoms with Crippen LogP contribution in [0.5, 0.6) is 0 Å². The van der Waals surface area contributed by atoms with Crippen LogP contribution in [-0.2, 0) is 10.0 Å². The summed E-state index contributed by atoms with van der Waals surface area (Å²) in [6.07, 6.45) is 1.88. The smallest absolute Gasteiger partial charge is 0.217 e. The molecular weight excluding hydrogens is 214 g/mol. The zero-order chi connectivity index (χ0) is 11.9. The fraction of sp³-hybridized carbons (Fsp3) is 0.889. The van der Waals surface area contributed by atoms with Gasteiger partial charge in [-0.15, -0.1) is 0 Å². The van der Waals surface area contributed by atoms with Gasteiger partial charge in [-0.05, 0) is 39.5 Å². The van der Waals surface area contributed by atoms with Crippen LogP contribution < -0.4 is 10.5 Å². The average molecular weight is 233 g/mol. The highest BCUT2D eigenvalue weighted by atomic mass is 32.2.